The van der Waals surface area contributed by atoms with Crippen molar-refractivity contribution in [2.24, 2.45) is 0 Å². The maximum absolute atomic E-state index is 5.80. The molecule has 0 spiro atoms. The maximum Gasteiger partial charge on any atom is 0.191 e. The van der Waals surface area contributed by atoms with Gasteiger partial charge in [0.25, 0.3) is 0 Å². The number of thioether (sulfide) groups is 2. The Bertz CT molecular complexity index is 860. The first kappa shape index (κ1) is 20.8. The first-order valence-electron chi connectivity index (χ1n) is 9.59. The molecule has 2 aromatic carbocycles. The molecule has 6 heteroatoms. The van der Waals surface area contributed by atoms with Gasteiger partial charge >= 0.3 is 0 Å². The molecule has 0 fully saturated rings. The maximum atomic E-state index is 5.80. The lowest BCUT2D eigenvalue weighted by molar-refractivity contribution is 0.318. The Labute approximate surface area is 176 Å². The highest BCUT2D eigenvalue weighted by Gasteiger charge is 2.11. The molecule has 0 unspecified atom stereocenters. The van der Waals surface area contributed by atoms with Gasteiger partial charge in [-0.25, -0.2) is 0 Å². The predicted molar refractivity (Wildman–Crippen MR) is 118 cm³/mol. The number of rotatable bonds is 10. The molecule has 0 atom stereocenters. The number of benzene rings is 2. The van der Waals surface area contributed by atoms with E-state index < -0.39 is 0 Å². The van der Waals surface area contributed by atoms with Crippen molar-refractivity contribution in [1.82, 2.24) is 14.8 Å². The second-order valence-electron chi connectivity index (χ2n) is 6.61. The van der Waals surface area contributed by atoms with E-state index in [2.05, 4.69) is 71.9 Å². The molecule has 0 N–H and O–H groups in total. The van der Waals surface area contributed by atoms with Gasteiger partial charge in [0, 0.05) is 17.2 Å². The SMILES string of the molecule is CCn1c(CSc2ccc(C)cc2)nnc1SCCCOc1ccc(C)cc1. The first-order chi connectivity index (χ1) is 13.7. The average Bonchev–Trinajstić information content (AvgIpc) is 3.10. The molecular formula is C22H27N3OS2. The minimum absolute atomic E-state index is 0.715. The summed E-state index contributed by atoms with van der Waals surface area (Å²) in [5.41, 5.74) is 2.53. The van der Waals surface area contributed by atoms with E-state index in [0.717, 1.165) is 41.2 Å². The highest BCUT2D eigenvalue weighted by Crippen LogP contribution is 2.25. The van der Waals surface area contributed by atoms with Crippen LogP contribution in [-0.2, 0) is 12.3 Å². The molecule has 0 aliphatic heterocycles. The Kier molecular flexibility index (Phi) is 7.86. The molecule has 0 radical (unpaired) electrons. The lowest BCUT2D eigenvalue weighted by Gasteiger charge is -2.08. The van der Waals surface area contributed by atoms with E-state index in [1.165, 1.54) is 16.0 Å². The van der Waals surface area contributed by atoms with Crippen LogP contribution in [0.25, 0.3) is 0 Å². The van der Waals surface area contributed by atoms with E-state index in [1.54, 1.807) is 23.5 Å². The third-order valence-electron chi connectivity index (χ3n) is 4.31. The Hall–Kier alpha value is -1.92. The first-order valence-corrected chi connectivity index (χ1v) is 11.6. The molecule has 0 aliphatic carbocycles. The molecular weight excluding hydrogens is 386 g/mol. The summed E-state index contributed by atoms with van der Waals surface area (Å²) in [7, 11) is 0. The molecule has 0 bridgehead atoms. The average molecular weight is 414 g/mol. The normalized spacial score (nSPS) is 11.0. The highest BCUT2D eigenvalue weighted by atomic mass is 32.2. The van der Waals surface area contributed by atoms with E-state index in [-0.39, 0.29) is 0 Å². The minimum atomic E-state index is 0.715. The van der Waals surface area contributed by atoms with Gasteiger partial charge < -0.3 is 9.30 Å². The topological polar surface area (TPSA) is 39.9 Å². The van der Waals surface area contributed by atoms with Gasteiger partial charge in [-0.05, 0) is 51.5 Å². The van der Waals surface area contributed by atoms with Gasteiger partial charge in [0.05, 0.1) is 12.4 Å². The monoisotopic (exact) mass is 413 g/mol. The Morgan fingerprint density at radius 1 is 0.893 bits per heavy atom. The second-order valence-corrected chi connectivity index (χ2v) is 8.72. The zero-order chi connectivity index (χ0) is 19.8. The van der Waals surface area contributed by atoms with Crippen molar-refractivity contribution < 1.29 is 4.74 Å². The van der Waals surface area contributed by atoms with Crippen LogP contribution in [0.5, 0.6) is 5.75 Å². The third kappa shape index (κ3) is 6.04. The lowest BCUT2D eigenvalue weighted by Crippen LogP contribution is -2.03. The van der Waals surface area contributed by atoms with Crippen LogP contribution in [-0.4, -0.2) is 27.1 Å². The summed E-state index contributed by atoms with van der Waals surface area (Å²) in [6, 6.07) is 16.8. The molecule has 0 amide bonds. The van der Waals surface area contributed by atoms with Crippen LogP contribution in [0.4, 0.5) is 0 Å². The number of hydrogen-bond donors (Lipinski definition) is 0. The van der Waals surface area contributed by atoms with Crippen LogP contribution in [0.2, 0.25) is 0 Å². The van der Waals surface area contributed by atoms with Crippen LogP contribution in [0.1, 0.15) is 30.3 Å². The van der Waals surface area contributed by atoms with Crippen molar-refractivity contribution in [3.05, 3.63) is 65.5 Å². The standard InChI is InChI=1S/C22H27N3OS2/c1-4-25-21(16-28-20-12-8-18(3)9-13-20)23-24-22(25)27-15-5-14-26-19-10-6-17(2)7-11-19/h6-13H,4-5,14-16H2,1-3H3. The van der Waals surface area contributed by atoms with Crippen LogP contribution in [0.3, 0.4) is 0 Å². The largest absolute Gasteiger partial charge is 0.494 e. The molecule has 1 aromatic heterocycles. The summed E-state index contributed by atoms with van der Waals surface area (Å²) in [5, 5.41) is 9.81. The predicted octanol–water partition coefficient (Wildman–Crippen LogP) is 5.77. The molecule has 1 heterocycles. The van der Waals surface area contributed by atoms with Gasteiger partial charge in [0.1, 0.15) is 11.6 Å². The summed E-state index contributed by atoms with van der Waals surface area (Å²) in [5.74, 6) is 3.77. The van der Waals surface area contributed by atoms with E-state index in [0.29, 0.717) is 6.61 Å². The number of ether oxygens (including phenoxy) is 1. The fourth-order valence-corrected chi connectivity index (χ4v) is 4.45. The van der Waals surface area contributed by atoms with E-state index in [4.69, 9.17) is 4.74 Å². The Balaban J connectivity index is 1.45. The van der Waals surface area contributed by atoms with Crippen LogP contribution in [0, 0.1) is 13.8 Å². The van der Waals surface area contributed by atoms with Gasteiger partial charge in [-0.3, -0.25) is 0 Å². The van der Waals surface area contributed by atoms with Crippen LogP contribution in [0.15, 0.2) is 58.6 Å². The fraction of sp³-hybridized carbons (Fsp3) is 0.364. The number of nitrogens with zero attached hydrogens (tertiary/aromatic N) is 3. The molecule has 0 saturated carbocycles. The quantitative estimate of drug-likeness (QED) is 0.312. The van der Waals surface area contributed by atoms with Gasteiger partial charge in [-0.1, -0.05) is 47.2 Å². The van der Waals surface area contributed by atoms with Crippen molar-refractivity contribution in [2.45, 2.75) is 49.5 Å². The van der Waals surface area contributed by atoms with Gasteiger partial charge in [-0.2, -0.15) is 0 Å². The third-order valence-corrected chi connectivity index (χ3v) is 6.37. The highest BCUT2D eigenvalue weighted by molar-refractivity contribution is 7.99. The van der Waals surface area contributed by atoms with E-state index >= 15 is 0 Å². The smallest absolute Gasteiger partial charge is 0.191 e. The number of aromatic nitrogens is 3. The van der Waals surface area contributed by atoms with Crippen molar-refractivity contribution in [2.75, 3.05) is 12.4 Å². The fourth-order valence-electron chi connectivity index (χ4n) is 2.68. The Morgan fingerprint density at radius 3 is 2.25 bits per heavy atom. The molecule has 0 saturated heterocycles. The van der Waals surface area contributed by atoms with Gasteiger partial charge in [-0.15, -0.1) is 22.0 Å². The van der Waals surface area contributed by atoms with Gasteiger partial charge in [0.15, 0.2) is 5.16 Å². The number of hydrogen-bond acceptors (Lipinski definition) is 5. The summed E-state index contributed by atoms with van der Waals surface area (Å²) in [6.45, 7) is 7.94. The summed E-state index contributed by atoms with van der Waals surface area (Å²) in [6.07, 6.45) is 0.975. The zero-order valence-corrected chi connectivity index (χ0v) is 18.4. The molecule has 3 rings (SSSR count). The minimum Gasteiger partial charge on any atom is -0.494 e. The molecule has 4 nitrogen and oxygen atoms in total. The zero-order valence-electron chi connectivity index (χ0n) is 16.7. The van der Waals surface area contributed by atoms with Gasteiger partial charge in [0.2, 0.25) is 0 Å². The molecule has 148 valence electrons. The van der Waals surface area contributed by atoms with Crippen molar-refractivity contribution in [1.29, 1.82) is 0 Å². The van der Waals surface area contributed by atoms with Crippen molar-refractivity contribution >= 4 is 23.5 Å². The molecule has 28 heavy (non-hydrogen) atoms. The van der Waals surface area contributed by atoms with E-state index in [9.17, 15) is 0 Å². The summed E-state index contributed by atoms with van der Waals surface area (Å²) >= 11 is 3.56. The summed E-state index contributed by atoms with van der Waals surface area (Å²) in [4.78, 5) is 1.26. The second kappa shape index (κ2) is 10.6. The number of aryl methyl sites for hydroxylation is 2. The van der Waals surface area contributed by atoms with Crippen molar-refractivity contribution in [3.8, 4) is 5.75 Å². The van der Waals surface area contributed by atoms with Crippen LogP contribution >= 0.6 is 23.5 Å². The summed E-state index contributed by atoms with van der Waals surface area (Å²) < 4.78 is 8.01. The van der Waals surface area contributed by atoms with Crippen molar-refractivity contribution in [3.63, 3.8) is 0 Å². The van der Waals surface area contributed by atoms with E-state index in [1.807, 2.05) is 12.1 Å². The lowest BCUT2D eigenvalue weighted by atomic mass is 10.2. The van der Waals surface area contributed by atoms with Crippen LogP contribution < -0.4 is 4.74 Å². The Morgan fingerprint density at radius 2 is 1.57 bits per heavy atom. The molecule has 3 aromatic rings. The molecule has 0 aliphatic rings.